The van der Waals surface area contributed by atoms with E-state index in [2.05, 4.69) is 10.5 Å². The fourth-order valence-electron chi connectivity index (χ4n) is 5.07. The molecule has 2 aliphatic rings. The molecule has 15 heteroatoms. The summed E-state index contributed by atoms with van der Waals surface area (Å²) in [5.74, 6) is -1.82. The van der Waals surface area contributed by atoms with Gasteiger partial charge in [0.05, 0.1) is 13.2 Å². The molecule has 4 rings (SSSR count). The summed E-state index contributed by atoms with van der Waals surface area (Å²) in [5.41, 5.74) is 6.79. The van der Waals surface area contributed by atoms with Crippen LogP contribution in [0.5, 0.6) is 5.75 Å². The molecule has 12 nitrogen and oxygen atoms in total. The Morgan fingerprint density at radius 1 is 1.25 bits per heavy atom. The predicted molar refractivity (Wildman–Crippen MR) is 153 cm³/mol. The van der Waals surface area contributed by atoms with Crippen LogP contribution in [0.4, 0.5) is 24.5 Å². The minimum Gasteiger partial charge on any atom is -0.449 e. The number of halogens is 3. The van der Waals surface area contributed by atoms with Crippen molar-refractivity contribution in [2.45, 2.75) is 44.7 Å². The van der Waals surface area contributed by atoms with E-state index in [0.29, 0.717) is 12.2 Å². The number of amidine groups is 1. The molecule has 0 saturated carbocycles. The molecule has 3 unspecified atom stereocenters. The number of likely N-dealkylation sites (N-methyl/N-ethyl adjacent to an activating group) is 1. The summed E-state index contributed by atoms with van der Waals surface area (Å²) < 4.78 is 58.7. The van der Waals surface area contributed by atoms with Crippen molar-refractivity contribution in [3.63, 3.8) is 0 Å². The van der Waals surface area contributed by atoms with Crippen molar-refractivity contribution in [3.8, 4) is 5.75 Å². The molecule has 0 bridgehead atoms. The van der Waals surface area contributed by atoms with Gasteiger partial charge < -0.3 is 35.0 Å². The normalized spacial score (nSPS) is 18.2. The lowest BCUT2D eigenvalue weighted by Crippen LogP contribution is -2.56. The van der Waals surface area contributed by atoms with Gasteiger partial charge in [-0.25, -0.2) is 0 Å². The maximum absolute atomic E-state index is 14.3. The number of carbonyl (C=O) groups excluding carboxylic acids is 3. The van der Waals surface area contributed by atoms with Gasteiger partial charge in [0.15, 0.2) is 11.9 Å². The summed E-state index contributed by atoms with van der Waals surface area (Å²) in [4.78, 5) is 46.7. The summed E-state index contributed by atoms with van der Waals surface area (Å²) in [5, 5.41) is 6.31. The third kappa shape index (κ3) is 7.65. The predicted octanol–water partition coefficient (Wildman–Crippen LogP) is 2.77. The third-order valence-corrected chi connectivity index (χ3v) is 7.08. The number of morpholine rings is 1. The van der Waals surface area contributed by atoms with E-state index < -0.39 is 42.2 Å². The largest absolute Gasteiger partial charge is 0.449 e. The second-order valence-electron chi connectivity index (χ2n) is 10.1. The number of esters is 1. The molecule has 2 aromatic carbocycles. The first-order chi connectivity index (χ1) is 20.9. The lowest BCUT2D eigenvalue weighted by atomic mass is 10.0. The lowest BCUT2D eigenvalue weighted by molar-refractivity contribution is -0.187. The van der Waals surface area contributed by atoms with Gasteiger partial charge >= 0.3 is 12.1 Å². The molecule has 2 aromatic rings. The zero-order valence-electron chi connectivity index (χ0n) is 24.4. The minimum atomic E-state index is -4.61. The summed E-state index contributed by atoms with van der Waals surface area (Å²) in [6.45, 7) is 2.86. The Labute approximate surface area is 251 Å². The molecule has 1 saturated heterocycles. The number of nitrogens with two attached hydrogens (primary N) is 1. The highest BCUT2D eigenvalue weighted by atomic mass is 19.4. The molecule has 0 radical (unpaired) electrons. The van der Waals surface area contributed by atoms with E-state index in [4.69, 9.17) is 24.8 Å². The maximum Gasteiger partial charge on any atom is 0.408 e. The minimum absolute atomic E-state index is 0.00312. The lowest BCUT2D eigenvalue weighted by Gasteiger charge is -2.36. The first-order valence-corrected chi connectivity index (χ1v) is 13.9. The van der Waals surface area contributed by atoms with E-state index in [0.717, 1.165) is 12.5 Å². The number of hydrogen-bond acceptors (Lipinski definition) is 10. The third-order valence-electron chi connectivity index (χ3n) is 7.08. The fraction of sp³-hybridized carbons (Fsp3) is 0.448. The molecule has 44 heavy (non-hydrogen) atoms. The van der Waals surface area contributed by atoms with Gasteiger partial charge in [0.2, 0.25) is 6.10 Å². The van der Waals surface area contributed by atoms with Gasteiger partial charge in [-0.05, 0) is 30.3 Å². The molecule has 3 N–H and O–H groups in total. The molecule has 2 amide bonds. The van der Waals surface area contributed by atoms with E-state index in [1.165, 1.54) is 47.2 Å². The second-order valence-corrected chi connectivity index (χ2v) is 10.1. The zero-order chi connectivity index (χ0) is 32.0. The number of rotatable bonds is 11. The smallest absolute Gasteiger partial charge is 0.408 e. The monoisotopic (exact) mass is 621 g/mol. The Bertz CT molecular complexity index is 1400. The average Bonchev–Trinajstić information content (AvgIpc) is 2.97. The molecule has 1 fully saturated rings. The number of ether oxygens (including phenoxy) is 3. The number of benzene rings is 2. The van der Waals surface area contributed by atoms with Crippen molar-refractivity contribution in [3.05, 3.63) is 53.6 Å². The molecule has 2 heterocycles. The van der Waals surface area contributed by atoms with Crippen molar-refractivity contribution in [2.75, 3.05) is 50.2 Å². The first-order valence-electron chi connectivity index (χ1n) is 13.9. The van der Waals surface area contributed by atoms with Crippen molar-refractivity contribution < 1.29 is 46.6 Å². The first kappa shape index (κ1) is 32.7. The van der Waals surface area contributed by atoms with Crippen LogP contribution in [0, 0.1) is 0 Å². The zero-order valence-corrected chi connectivity index (χ0v) is 24.4. The van der Waals surface area contributed by atoms with E-state index in [1.807, 2.05) is 0 Å². The Hall–Kier alpha value is -4.21. The van der Waals surface area contributed by atoms with Crippen LogP contribution in [0.3, 0.4) is 0 Å². The van der Waals surface area contributed by atoms with Crippen LogP contribution in [-0.2, 0) is 35.0 Å². The number of hydrogen-bond donors (Lipinski definition) is 2. The topological polar surface area (TPSA) is 145 Å². The van der Waals surface area contributed by atoms with Crippen LogP contribution in [-0.4, -0.2) is 86.9 Å². The summed E-state index contributed by atoms with van der Waals surface area (Å²) in [6.07, 6.45) is -7.53. The van der Waals surface area contributed by atoms with E-state index in [9.17, 15) is 27.6 Å². The van der Waals surface area contributed by atoms with Gasteiger partial charge in [-0.2, -0.15) is 13.2 Å². The van der Waals surface area contributed by atoms with Crippen LogP contribution >= 0.6 is 0 Å². The average molecular weight is 622 g/mol. The van der Waals surface area contributed by atoms with Crippen LogP contribution in [0.25, 0.3) is 0 Å². The highest BCUT2D eigenvalue weighted by molar-refractivity contribution is 6.04. The number of methoxy groups -OCH3 is 1. The molecule has 2 aliphatic heterocycles. The molecule has 0 aromatic heterocycles. The Morgan fingerprint density at radius 2 is 2.02 bits per heavy atom. The molecule has 3 atom stereocenters. The van der Waals surface area contributed by atoms with Crippen molar-refractivity contribution >= 4 is 35.0 Å². The molecular weight excluding hydrogens is 587 g/mol. The number of nitrogens with zero attached hydrogens (tertiary/aromatic N) is 3. The summed E-state index contributed by atoms with van der Waals surface area (Å²) in [7, 11) is 1.41. The highest BCUT2D eigenvalue weighted by Crippen LogP contribution is 2.39. The van der Waals surface area contributed by atoms with Crippen molar-refractivity contribution in [2.24, 2.45) is 10.9 Å². The van der Waals surface area contributed by atoms with Gasteiger partial charge in [0.1, 0.15) is 11.9 Å². The van der Waals surface area contributed by atoms with Gasteiger partial charge in [-0.15, -0.1) is 0 Å². The quantitative estimate of drug-likeness (QED) is 0.362. The molecule has 0 spiro atoms. The summed E-state index contributed by atoms with van der Waals surface area (Å²) in [6, 6.07) is 8.36. The van der Waals surface area contributed by atoms with Crippen LogP contribution in [0.1, 0.15) is 31.0 Å². The van der Waals surface area contributed by atoms with Gasteiger partial charge in [-0.3, -0.25) is 19.3 Å². The van der Waals surface area contributed by atoms with Crippen LogP contribution in [0.2, 0.25) is 0 Å². The van der Waals surface area contributed by atoms with E-state index in [1.54, 1.807) is 19.1 Å². The maximum atomic E-state index is 14.3. The fourth-order valence-corrected chi connectivity index (χ4v) is 5.07. The molecule has 238 valence electrons. The number of amides is 2. The van der Waals surface area contributed by atoms with Crippen LogP contribution in [0.15, 0.2) is 47.6 Å². The number of oxime groups is 1. The number of alkyl halides is 3. The Kier molecular flexibility index (Phi) is 10.4. The number of nitrogens with one attached hydrogen (secondary N) is 1. The standard InChI is InChI=1S/C29H34F3N5O7/c1-4-36(10-12-41-3)26(29(30,31)32)19-6-5-7-21(14-19)37-11-13-42-25(28(37)40)24(43-17(2)38)27(39)34-20-9-8-18-15-23(33)35-44-22(18)16-20/h5-9,14,16,24-26H,4,10-13,15H2,1-3H3,(H2,33,35)(H,34,39). The Balaban J connectivity index is 1.58. The van der Waals surface area contributed by atoms with Crippen LogP contribution < -0.4 is 20.8 Å². The summed E-state index contributed by atoms with van der Waals surface area (Å²) >= 11 is 0. The SMILES string of the molecule is CCN(CCOC)C(c1cccc(N2CCOC(C(OC(C)=O)C(=O)Nc3ccc4c(c3)ON=C(N)C4)C2=O)c1)C(F)(F)F. The van der Waals surface area contributed by atoms with Gasteiger partial charge in [-0.1, -0.05) is 30.3 Å². The number of anilines is 2. The second kappa shape index (κ2) is 14.1. The van der Waals surface area contributed by atoms with Gasteiger partial charge in [0.25, 0.3) is 11.8 Å². The molecular formula is C29H34F3N5O7. The number of fused-ring (bicyclic) bond motifs is 1. The van der Waals surface area contributed by atoms with Crippen molar-refractivity contribution in [1.82, 2.24) is 4.90 Å². The molecule has 0 aliphatic carbocycles. The Morgan fingerprint density at radius 3 is 2.70 bits per heavy atom. The van der Waals surface area contributed by atoms with Crippen molar-refractivity contribution in [1.29, 1.82) is 0 Å². The van der Waals surface area contributed by atoms with E-state index >= 15 is 0 Å². The van der Waals surface area contributed by atoms with E-state index in [-0.39, 0.29) is 55.6 Å². The van der Waals surface area contributed by atoms with Gasteiger partial charge in [0, 0.05) is 56.5 Å². The highest BCUT2D eigenvalue weighted by Gasteiger charge is 2.45. The number of carbonyl (C=O) groups is 3.